The number of carbonyl (C=O) groups is 1. The summed E-state index contributed by atoms with van der Waals surface area (Å²) in [6.45, 7) is 1.54. The number of rotatable bonds is 5. The van der Waals surface area contributed by atoms with Gasteiger partial charge in [-0.3, -0.25) is 4.79 Å². The quantitative estimate of drug-likeness (QED) is 0.736. The Bertz CT molecular complexity index is 813. The zero-order valence-corrected chi connectivity index (χ0v) is 14.4. The highest BCUT2D eigenvalue weighted by molar-refractivity contribution is 7.07. The van der Waals surface area contributed by atoms with Gasteiger partial charge in [-0.15, -0.1) is 11.3 Å². The van der Waals surface area contributed by atoms with Crippen molar-refractivity contribution in [3.8, 4) is 0 Å². The van der Waals surface area contributed by atoms with Crippen LogP contribution in [0.4, 0.5) is 0 Å². The molecule has 1 saturated heterocycles. The van der Waals surface area contributed by atoms with E-state index in [9.17, 15) is 4.79 Å². The lowest BCUT2D eigenvalue weighted by Crippen LogP contribution is -2.50. The first-order valence-corrected chi connectivity index (χ1v) is 9.19. The van der Waals surface area contributed by atoms with Gasteiger partial charge in [-0.1, -0.05) is 18.2 Å². The van der Waals surface area contributed by atoms with E-state index in [0.29, 0.717) is 25.5 Å². The standard InChI is InChI=1S/C18H19N3O3S/c22-18(15-7-12-3-1-2-4-14(12)20-15)21-16-9-23-6-5-17(16)24-8-13-10-25-11-19-13/h1-4,7,10-11,16-17,20H,5-6,8-9H2,(H,21,22)/t16-,17+/m1/s1. The van der Waals surface area contributed by atoms with Gasteiger partial charge in [-0.25, -0.2) is 4.98 Å². The van der Waals surface area contributed by atoms with Gasteiger partial charge in [-0.2, -0.15) is 0 Å². The van der Waals surface area contributed by atoms with Crippen LogP contribution in [-0.2, 0) is 16.1 Å². The zero-order valence-electron chi connectivity index (χ0n) is 13.6. The van der Waals surface area contributed by atoms with Gasteiger partial charge in [0.05, 0.1) is 36.6 Å². The highest BCUT2D eigenvalue weighted by Crippen LogP contribution is 2.17. The molecule has 3 aromatic rings. The number of nitrogens with one attached hydrogen (secondary N) is 2. The van der Waals surface area contributed by atoms with Crippen LogP contribution in [0.3, 0.4) is 0 Å². The van der Waals surface area contributed by atoms with Gasteiger partial charge in [0, 0.05) is 22.9 Å². The van der Waals surface area contributed by atoms with Crippen LogP contribution >= 0.6 is 11.3 Å². The molecule has 6 nitrogen and oxygen atoms in total. The summed E-state index contributed by atoms with van der Waals surface area (Å²) in [5.74, 6) is -0.144. The SMILES string of the molecule is O=C(N[C@@H]1COCC[C@@H]1OCc1cscn1)c1cc2ccccc2[nH]1. The van der Waals surface area contributed by atoms with Crippen LogP contribution in [0.5, 0.6) is 0 Å². The van der Waals surface area contributed by atoms with Crippen LogP contribution in [0.25, 0.3) is 10.9 Å². The van der Waals surface area contributed by atoms with Crippen molar-refractivity contribution in [2.75, 3.05) is 13.2 Å². The summed E-state index contributed by atoms with van der Waals surface area (Å²) in [5.41, 5.74) is 4.20. The molecule has 0 spiro atoms. The zero-order chi connectivity index (χ0) is 17.1. The van der Waals surface area contributed by atoms with Crippen molar-refractivity contribution in [1.29, 1.82) is 0 Å². The Morgan fingerprint density at radius 3 is 3.20 bits per heavy atom. The van der Waals surface area contributed by atoms with Crippen LogP contribution in [0.1, 0.15) is 22.6 Å². The molecular weight excluding hydrogens is 338 g/mol. The van der Waals surface area contributed by atoms with Crippen molar-refractivity contribution in [3.63, 3.8) is 0 Å². The van der Waals surface area contributed by atoms with E-state index in [-0.39, 0.29) is 18.1 Å². The first kappa shape index (κ1) is 16.3. The molecule has 2 aromatic heterocycles. The third-order valence-electron chi connectivity index (χ3n) is 4.31. The fourth-order valence-corrected chi connectivity index (χ4v) is 3.54. The molecule has 1 aliphatic rings. The van der Waals surface area contributed by atoms with Crippen molar-refractivity contribution in [1.82, 2.24) is 15.3 Å². The average molecular weight is 357 g/mol. The number of ether oxygens (including phenoxy) is 2. The molecule has 1 aromatic carbocycles. The lowest BCUT2D eigenvalue weighted by molar-refractivity contribution is -0.0612. The number of aromatic nitrogens is 2. The Kier molecular flexibility index (Phi) is 4.78. The van der Waals surface area contributed by atoms with Crippen molar-refractivity contribution in [3.05, 3.63) is 52.6 Å². The first-order chi connectivity index (χ1) is 12.3. The second kappa shape index (κ2) is 7.35. The number of benzene rings is 1. The molecule has 0 saturated carbocycles. The Morgan fingerprint density at radius 2 is 2.36 bits per heavy atom. The predicted octanol–water partition coefficient (Wildman–Crippen LogP) is 2.73. The van der Waals surface area contributed by atoms with Gasteiger partial charge in [-0.05, 0) is 18.6 Å². The summed E-state index contributed by atoms with van der Waals surface area (Å²) < 4.78 is 11.5. The lowest BCUT2D eigenvalue weighted by atomic mass is 10.1. The second-order valence-corrected chi connectivity index (χ2v) is 6.76. The molecule has 4 rings (SSSR count). The summed E-state index contributed by atoms with van der Waals surface area (Å²) in [4.78, 5) is 20.0. The molecule has 2 N–H and O–H groups in total. The van der Waals surface area contributed by atoms with E-state index in [2.05, 4.69) is 15.3 Å². The number of hydrogen-bond donors (Lipinski definition) is 2. The number of hydrogen-bond acceptors (Lipinski definition) is 5. The van der Waals surface area contributed by atoms with E-state index in [0.717, 1.165) is 23.0 Å². The highest BCUT2D eigenvalue weighted by atomic mass is 32.1. The molecule has 2 atom stereocenters. The van der Waals surface area contributed by atoms with Crippen molar-refractivity contribution >= 4 is 28.1 Å². The summed E-state index contributed by atoms with van der Waals surface area (Å²) in [5, 5.41) is 6.03. The Labute approximate surface area is 149 Å². The van der Waals surface area contributed by atoms with E-state index in [1.54, 1.807) is 16.8 Å². The number of nitrogens with zero attached hydrogens (tertiary/aromatic N) is 1. The molecule has 130 valence electrons. The largest absolute Gasteiger partial charge is 0.379 e. The third-order valence-corrected chi connectivity index (χ3v) is 4.95. The molecule has 1 aliphatic heterocycles. The van der Waals surface area contributed by atoms with Gasteiger partial charge in [0.25, 0.3) is 5.91 Å². The number of amides is 1. The number of aromatic amines is 1. The minimum Gasteiger partial charge on any atom is -0.379 e. The highest BCUT2D eigenvalue weighted by Gasteiger charge is 2.28. The van der Waals surface area contributed by atoms with Crippen LogP contribution in [-0.4, -0.2) is 41.2 Å². The Balaban J connectivity index is 1.42. The summed E-state index contributed by atoms with van der Waals surface area (Å²) in [7, 11) is 0. The lowest BCUT2D eigenvalue weighted by Gasteiger charge is -2.31. The summed E-state index contributed by atoms with van der Waals surface area (Å²) in [6.07, 6.45) is 0.672. The monoisotopic (exact) mass is 357 g/mol. The van der Waals surface area contributed by atoms with Gasteiger partial charge in [0.1, 0.15) is 5.69 Å². The topological polar surface area (TPSA) is 76.2 Å². The minimum absolute atomic E-state index is 0.0798. The van der Waals surface area contributed by atoms with Gasteiger partial charge >= 0.3 is 0 Å². The molecule has 0 bridgehead atoms. The normalized spacial score (nSPS) is 20.6. The molecular formula is C18H19N3O3S. The maximum absolute atomic E-state index is 12.6. The Morgan fingerprint density at radius 1 is 1.44 bits per heavy atom. The van der Waals surface area contributed by atoms with Gasteiger partial charge < -0.3 is 19.8 Å². The number of para-hydroxylation sites is 1. The van der Waals surface area contributed by atoms with E-state index < -0.39 is 0 Å². The van der Waals surface area contributed by atoms with Crippen LogP contribution in [0.2, 0.25) is 0 Å². The van der Waals surface area contributed by atoms with E-state index in [1.807, 2.05) is 35.7 Å². The van der Waals surface area contributed by atoms with Crippen molar-refractivity contribution in [2.45, 2.75) is 25.2 Å². The number of H-pyrrole nitrogens is 1. The smallest absolute Gasteiger partial charge is 0.268 e. The van der Waals surface area contributed by atoms with E-state index >= 15 is 0 Å². The fourth-order valence-electron chi connectivity index (χ4n) is 3.00. The second-order valence-electron chi connectivity index (χ2n) is 6.04. The van der Waals surface area contributed by atoms with Gasteiger partial charge in [0.15, 0.2) is 0 Å². The molecule has 25 heavy (non-hydrogen) atoms. The molecule has 1 fully saturated rings. The average Bonchev–Trinajstić information content (AvgIpc) is 3.30. The molecule has 0 aliphatic carbocycles. The third kappa shape index (κ3) is 3.73. The van der Waals surface area contributed by atoms with Crippen LogP contribution < -0.4 is 5.32 Å². The van der Waals surface area contributed by atoms with E-state index in [1.165, 1.54) is 0 Å². The maximum Gasteiger partial charge on any atom is 0.268 e. The molecule has 0 radical (unpaired) electrons. The number of thiazole rings is 1. The van der Waals surface area contributed by atoms with Crippen LogP contribution in [0, 0.1) is 0 Å². The summed E-state index contributed by atoms with van der Waals surface area (Å²) in [6, 6.07) is 9.51. The van der Waals surface area contributed by atoms with Gasteiger partial charge in [0.2, 0.25) is 0 Å². The fraction of sp³-hybridized carbons (Fsp3) is 0.333. The molecule has 3 heterocycles. The number of carbonyl (C=O) groups excluding carboxylic acids is 1. The number of fused-ring (bicyclic) bond motifs is 1. The van der Waals surface area contributed by atoms with E-state index in [4.69, 9.17) is 9.47 Å². The minimum atomic E-state index is -0.175. The predicted molar refractivity (Wildman–Crippen MR) is 95.7 cm³/mol. The molecule has 0 unspecified atom stereocenters. The van der Waals surface area contributed by atoms with Crippen LogP contribution in [0.15, 0.2) is 41.2 Å². The summed E-state index contributed by atoms with van der Waals surface area (Å²) >= 11 is 1.55. The molecule has 7 heteroatoms. The van der Waals surface area contributed by atoms with Crippen molar-refractivity contribution < 1.29 is 14.3 Å². The van der Waals surface area contributed by atoms with Crippen molar-refractivity contribution in [2.24, 2.45) is 0 Å². The first-order valence-electron chi connectivity index (χ1n) is 8.24. The maximum atomic E-state index is 12.6. The molecule has 1 amide bonds. The Hall–Kier alpha value is -2.22.